The van der Waals surface area contributed by atoms with Gasteiger partial charge in [0.05, 0.1) is 0 Å². The van der Waals surface area contributed by atoms with Crippen LogP contribution in [-0.4, -0.2) is 15.6 Å². The predicted octanol–water partition coefficient (Wildman–Crippen LogP) is 6.81. The summed E-state index contributed by atoms with van der Waals surface area (Å²) in [6.45, 7) is 5.80. The third-order valence-electron chi connectivity index (χ3n) is 3.72. The zero-order valence-electron chi connectivity index (χ0n) is 16.5. The van der Waals surface area contributed by atoms with Crippen molar-refractivity contribution in [1.29, 1.82) is 0 Å². The molecule has 158 valence electrons. The number of anilines is 4. The van der Waals surface area contributed by atoms with E-state index in [0.717, 1.165) is 6.20 Å². The Morgan fingerprint density at radius 1 is 0.933 bits per heavy atom. The van der Waals surface area contributed by atoms with Crippen molar-refractivity contribution < 1.29 is 17.9 Å². The summed E-state index contributed by atoms with van der Waals surface area (Å²) in [5, 5.41) is 5.95. The summed E-state index contributed by atoms with van der Waals surface area (Å²) in [6, 6.07) is 13.3. The molecule has 1 heterocycles. The lowest BCUT2D eigenvalue weighted by Gasteiger charge is -2.21. The zero-order chi connectivity index (χ0) is 21.9. The van der Waals surface area contributed by atoms with E-state index in [2.05, 4.69) is 20.6 Å². The van der Waals surface area contributed by atoms with E-state index in [1.807, 2.05) is 20.8 Å². The average molecular weight is 437 g/mol. The maximum absolute atomic E-state index is 13.4. The van der Waals surface area contributed by atoms with E-state index in [0.29, 0.717) is 22.1 Å². The molecular formula is C21H20ClF3N4O. The number of halogens is 4. The lowest BCUT2D eigenvalue weighted by atomic mass is 10.2. The highest BCUT2D eigenvalue weighted by Crippen LogP contribution is 2.35. The highest BCUT2D eigenvalue weighted by molar-refractivity contribution is 6.30. The van der Waals surface area contributed by atoms with Gasteiger partial charge in [-0.15, -0.1) is 0 Å². The van der Waals surface area contributed by atoms with Gasteiger partial charge in [-0.3, -0.25) is 0 Å². The quantitative estimate of drug-likeness (QED) is 0.460. The molecule has 0 radical (unpaired) electrons. The standard InChI is InChI=1S/C21H20ClF3N4O/c1-20(2,3)30-16-9-7-14(8-10-16)28-19-26-12-17(21(23,24)25)18(29-19)27-15-6-4-5-13(22)11-15/h4-12H,1-3H3,(H2,26,27,28,29). The van der Waals surface area contributed by atoms with Crippen molar-refractivity contribution in [2.24, 2.45) is 0 Å². The minimum Gasteiger partial charge on any atom is -0.488 e. The lowest BCUT2D eigenvalue weighted by molar-refractivity contribution is -0.137. The van der Waals surface area contributed by atoms with Gasteiger partial charge in [-0.1, -0.05) is 17.7 Å². The molecule has 0 spiro atoms. The third kappa shape index (κ3) is 6.00. The molecule has 0 atom stereocenters. The summed E-state index contributed by atoms with van der Waals surface area (Å²) in [5.41, 5.74) is -0.347. The van der Waals surface area contributed by atoms with E-state index in [1.165, 1.54) is 6.07 Å². The fourth-order valence-electron chi connectivity index (χ4n) is 2.54. The molecule has 0 saturated carbocycles. The first-order valence-corrected chi connectivity index (χ1v) is 9.40. The van der Waals surface area contributed by atoms with Gasteiger partial charge in [-0.2, -0.15) is 18.2 Å². The van der Waals surface area contributed by atoms with E-state index in [1.54, 1.807) is 42.5 Å². The topological polar surface area (TPSA) is 59.1 Å². The minimum absolute atomic E-state index is 0.0111. The van der Waals surface area contributed by atoms with Gasteiger partial charge in [0.25, 0.3) is 0 Å². The van der Waals surface area contributed by atoms with E-state index in [-0.39, 0.29) is 17.4 Å². The van der Waals surface area contributed by atoms with E-state index >= 15 is 0 Å². The molecule has 30 heavy (non-hydrogen) atoms. The molecule has 0 aliphatic heterocycles. The van der Waals surface area contributed by atoms with Crippen LogP contribution in [0, 0.1) is 0 Å². The molecule has 0 fully saturated rings. The molecule has 0 bridgehead atoms. The molecule has 1 aromatic heterocycles. The van der Waals surface area contributed by atoms with Crippen LogP contribution in [0.15, 0.2) is 54.7 Å². The van der Waals surface area contributed by atoms with Crippen molar-refractivity contribution in [2.45, 2.75) is 32.5 Å². The molecule has 9 heteroatoms. The van der Waals surface area contributed by atoms with Gasteiger partial charge in [0.15, 0.2) is 0 Å². The normalized spacial score (nSPS) is 11.8. The van der Waals surface area contributed by atoms with Crippen molar-refractivity contribution in [2.75, 3.05) is 10.6 Å². The molecule has 2 aromatic carbocycles. The number of hydrogen-bond donors (Lipinski definition) is 2. The van der Waals surface area contributed by atoms with Gasteiger partial charge in [-0.25, -0.2) is 4.98 Å². The van der Waals surface area contributed by atoms with Crippen molar-refractivity contribution in [3.63, 3.8) is 0 Å². The second-order valence-corrected chi connectivity index (χ2v) is 7.89. The molecule has 0 unspecified atom stereocenters. The lowest BCUT2D eigenvalue weighted by Crippen LogP contribution is -2.22. The van der Waals surface area contributed by atoms with Crippen LogP contribution in [0.5, 0.6) is 5.75 Å². The third-order valence-corrected chi connectivity index (χ3v) is 3.95. The molecule has 0 aliphatic carbocycles. The van der Waals surface area contributed by atoms with Crippen molar-refractivity contribution in [1.82, 2.24) is 9.97 Å². The summed E-state index contributed by atoms with van der Waals surface area (Å²) >= 11 is 5.91. The van der Waals surface area contributed by atoms with Crippen LogP contribution in [0.25, 0.3) is 0 Å². The van der Waals surface area contributed by atoms with Crippen LogP contribution in [-0.2, 0) is 6.18 Å². The maximum Gasteiger partial charge on any atom is 0.421 e. The summed E-state index contributed by atoms with van der Waals surface area (Å²) in [4.78, 5) is 7.82. The Labute approximate surface area is 177 Å². The van der Waals surface area contributed by atoms with Crippen molar-refractivity contribution in [3.8, 4) is 5.75 Å². The van der Waals surface area contributed by atoms with Crippen LogP contribution in [0.3, 0.4) is 0 Å². The Morgan fingerprint density at radius 3 is 2.23 bits per heavy atom. The first-order valence-electron chi connectivity index (χ1n) is 9.02. The molecule has 3 aromatic rings. The highest BCUT2D eigenvalue weighted by atomic mass is 35.5. The Hall–Kier alpha value is -3.00. The number of nitrogens with one attached hydrogen (secondary N) is 2. The van der Waals surface area contributed by atoms with Gasteiger partial charge >= 0.3 is 6.18 Å². The maximum atomic E-state index is 13.4. The first kappa shape index (κ1) is 21.7. The monoisotopic (exact) mass is 436 g/mol. The predicted molar refractivity (Wildman–Crippen MR) is 112 cm³/mol. The molecule has 0 aliphatic rings. The summed E-state index contributed by atoms with van der Waals surface area (Å²) < 4.78 is 45.9. The summed E-state index contributed by atoms with van der Waals surface area (Å²) in [7, 11) is 0. The van der Waals surface area contributed by atoms with Crippen LogP contribution in [0.1, 0.15) is 26.3 Å². The number of nitrogens with zero attached hydrogens (tertiary/aromatic N) is 2. The molecular weight excluding hydrogens is 417 g/mol. The van der Waals surface area contributed by atoms with Gasteiger partial charge in [0.1, 0.15) is 22.7 Å². The molecule has 0 amide bonds. The van der Waals surface area contributed by atoms with Gasteiger partial charge < -0.3 is 15.4 Å². The Morgan fingerprint density at radius 2 is 1.63 bits per heavy atom. The van der Waals surface area contributed by atoms with Gasteiger partial charge in [0, 0.05) is 22.6 Å². The Balaban J connectivity index is 1.85. The number of alkyl halides is 3. The van der Waals surface area contributed by atoms with Crippen LogP contribution >= 0.6 is 11.6 Å². The minimum atomic E-state index is -4.62. The largest absolute Gasteiger partial charge is 0.488 e. The number of aromatic nitrogens is 2. The second kappa shape index (κ2) is 8.39. The Bertz CT molecular complexity index is 1020. The molecule has 0 saturated heterocycles. The first-order chi connectivity index (χ1) is 14.0. The van der Waals surface area contributed by atoms with Gasteiger partial charge in [0.2, 0.25) is 5.95 Å². The van der Waals surface area contributed by atoms with E-state index in [4.69, 9.17) is 16.3 Å². The van der Waals surface area contributed by atoms with Crippen LogP contribution in [0.4, 0.5) is 36.3 Å². The average Bonchev–Trinajstić information content (AvgIpc) is 2.61. The van der Waals surface area contributed by atoms with Gasteiger partial charge in [-0.05, 0) is 63.2 Å². The number of benzene rings is 2. The second-order valence-electron chi connectivity index (χ2n) is 7.45. The Kier molecular flexibility index (Phi) is 6.07. The summed E-state index contributed by atoms with van der Waals surface area (Å²) in [6.07, 6.45) is -3.88. The number of ether oxygens (including phenoxy) is 1. The number of rotatable bonds is 5. The number of hydrogen-bond acceptors (Lipinski definition) is 5. The molecule has 5 nitrogen and oxygen atoms in total. The molecule has 2 N–H and O–H groups in total. The van der Waals surface area contributed by atoms with Crippen molar-refractivity contribution in [3.05, 3.63) is 65.3 Å². The zero-order valence-corrected chi connectivity index (χ0v) is 17.3. The molecule has 3 rings (SSSR count). The summed E-state index contributed by atoms with van der Waals surface area (Å²) in [5.74, 6) is 0.302. The highest BCUT2D eigenvalue weighted by Gasteiger charge is 2.35. The van der Waals surface area contributed by atoms with Crippen molar-refractivity contribution >= 4 is 34.7 Å². The fraction of sp³-hybridized carbons (Fsp3) is 0.238. The van der Waals surface area contributed by atoms with Crippen LogP contribution in [0.2, 0.25) is 5.02 Å². The fourth-order valence-corrected chi connectivity index (χ4v) is 2.73. The van der Waals surface area contributed by atoms with E-state index in [9.17, 15) is 13.2 Å². The van der Waals surface area contributed by atoms with E-state index < -0.39 is 11.7 Å². The van der Waals surface area contributed by atoms with Crippen LogP contribution < -0.4 is 15.4 Å². The SMILES string of the molecule is CC(C)(C)Oc1ccc(Nc2ncc(C(F)(F)F)c(Nc3cccc(Cl)c3)n2)cc1. The smallest absolute Gasteiger partial charge is 0.421 e.